The highest BCUT2D eigenvalue weighted by molar-refractivity contribution is 7.47. The summed E-state index contributed by atoms with van der Waals surface area (Å²) >= 11 is 0. The Morgan fingerprint density at radius 3 is 1.30 bits per heavy atom. The molecular weight excluding hydrogens is 786 g/mol. The summed E-state index contributed by atoms with van der Waals surface area (Å²) in [6.07, 6.45) is 54.6. The lowest BCUT2D eigenvalue weighted by molar-refractivity contribution is -0.161. The minimum absolute atomic E-state index is 0.0529. The highest BCUT2D eigenvalue weighted by Crippen LogP contribution is 2.43. The van der Waals surface area contributed by atoms with Gasteiger partial charge in [-0.3, -0.25) is 18.6 Å². The number of nitrogens with two attached hydrogens (primary N) is 1. The maximum absolute atomic E-state index is 12.6. The van der Waals surface area contributed by atoms with Gasteiger partial charge in [-0.15, -0.1) is 0 Å². The molecule has 0 heterocycles. The van der Waals surface area contributed by atoms with Crippen molar-refractivity contribution in [1.29, 1.82) is 0 Å². The van der Waals surface area contributed by atoms with Crippen molar-refractivity contribution in [3.05, 3.63) is 36.5 Å². The number of phosphoric acid groups is 1. The molecule has 61 heavy (non-hydrogen) atoms. The Labute approximate surface area is 375 Å². The first-order chi connectivity index (χ1) is 29.8. The van der Waals surface area contributed by atoms with Gasteiger partial charge in [0.2, 0.25) is 0 Å². The SMILES string of the molecule is CCCCCC=CCC=CCCCCCCCCCCCC(=O)OC(COC(=O)CCCCCCCCCCCCCC=CCCCCCCCC)COP(=O)(O)OCCN. The molecule has 0 bridgehead atoms. The summed E-state index contributed by atoms with van der Waals surface area (Å²) in [5, 5.41) is 0. The van der Waals surface area contributed by atoms with Crippen LogP contribution in [0.1, 0.15) is 245 Å². The summed E-state index contributed by atoms with van der Waals surface area (Å²) in [7, 11) is -4.38. The van der Waals surface area contributed by atoms with Crippen LogP contribution in [0.2, 0.25) is 0 Å². The first-order valence-electron chi connectivity index (χ1n) is 25.5. The van der Waals surface area contributed by atoms with Gasteiger partial charge < -0.3 is 20.1 Å². The normalized spacial score (nSPS) is 13.4. The van der Waals surface area contributed by atoms with Crippen molar-refractivity contribution in [2.75, 3.05) is 26.4 Å². The highest BCUT2D eigenvalue weighted by atomic mass is 31.2. The second-order valence-corrected chi connectivity index (χ2v) is 18.5. The summed E-state index contributed by atoms with van der Waals surface area (Å²) in [5.41, 5.74) is 5.37. The average Bonchev–Trinajstić information content (AvgIpc) is 3.25. The second-order valence-electron chi connectivity index (χ2n) is 17.0. The molecule has 0 aromatic heterocycles. The third-order valence-electron chi connectivity index (χ3n) is 11.0. The number of ether oxygens (including phenoxy) is 2. The van der Waals surface area contributed by atoms with Gasteiger partial charge in [-0.1, -0.05) is 198 Å². The largest absolute Gasteiger partial charge is 0.472 e. The fourth-order valence-corrected chi connectivity index (χ4v) is 7.96. The summed E-state index contributed by atoms with van der Waals surface area (Å²) < 4.78 is 32.9. The van der Waals surface area contributed by atoms with E-state index in [1.54, 1.807) is 0 Å². The fourth-order valence-electron chi connectivity index (χ4n) is 7.19. The summed E-state index contributed by atoms with van der Waals surface area (Å²) in [6.45, 7) is 3.73. The molecule has 2 unspecified atom stereocenters. The molecule has 0 saturated heterocycles. The van der Waals surface area contributed by atoms with Crippen LogP contribution < -0.4 is 5.73 Å². The Balaban J connectivity index is 4.04. The summed E-state index contributed by atoms with van der Waals surface area (Å²) in [6, 6.07) is 0. The number of unbranched alkanes of at least 4 members (excludes halogenated alkanes) is 29. The van der Waals surface area contributed by atoms with Gasteiger partial charge in [0.1, 0.15) is 6.61 Å². The van der Waals surface area contributed by atoms with Crippen LogP contribution in [0, 0.1) is 0 Å². The Hall–Kier alpha value is -1.77. The van der Waals surface area contributed by atoms with E-state index in [1.807, 2.05) is 0 Å². The molecule has 0 aliphatic heterocycles. The van der Waals surface area contributed by atoms with Crippen molar-refractivity contribution in [3.8, 4) is 0 Å². The van der Waals surface area contributed by atoms with Crippen LogP contribution >= 0.6 is 7.82 Å². The van der Waals surface area contributed by atoms with E-state index in [2.05, 4.69) is 50.3 Å². The van der Waals surface area contributed by atoms with Crippen molar-refractivity contribution >= 4 is 19.8 Å². The van der Waals surface area contributed by atoms with E-state index in [1.165, 1.54) is 161 Å². The number of phosphoric ester groups is 1. The molecule has 358 valence electrons. The maximum Gasteiger partial charge on any atom is 0.472 e. The number of hydrogen-bond acceptors (Lipinski definition) is 8. The lowest BCUT2D eigenvalue weighted by atomic mass is 10.0. The summed E-state index contributed by atoms with van der Waals surface area (Å²) in [4.78, 5) is 35.0. The van der Waals surface area contributed by atoms with E-state index >= 15 is 0 Å². The first kappa shape index (κ1) is 59.2. The third-order valence-corrected chi connectivity index (χ3v) is 12.0. The first-order valence-corrected chi connectivity index (χ1v) is 27.0. The average molecular weight is 882 g/mol. The van der Waals surface area contributed by atoms with Crippen LogP contribution in [0.4, 0.5) is 0 Å². The van der Waals surface area contributed by atoms with Gasteiger partial charge in [0.25, 0.3) is 0 Å². The number of allylic oxidation sites excluding steroid dienone is 6. The van der Waals surface area contributed by atoms with Gasteiger partial charge in [-0.2, -0.15) is 0 Å². The number of esters is 2. The summed E-state index contributed by atoms with van der Waals surface area (Å²) in [5.74, 6) is -0.826. The van der Waals surface area contributed by atoms with Crippen molar-refractivity contribution in [2.45, 2.75) is 251 Å². The van der Waals surface area contributed by atoms with E-state index in [9.17, 15) is 19.0 Å². The molecule has 9 nitrogen and oxygen atoms in total. The van der Waals surface area contributed by atoms with Gasteiger partial charge in [0, 0.05) is 19.4 Å². The van der Waals surface area contributed by atoms with E-state index < -0.39 is 26.5 Å². The van der Waals surface area contributed by atoms with Gasteiger partial charge in [0.15, 0.2) is 6.10 Å². The highest BCUT2D eigenvalue weighted by Gasteiger charge is 2.26. The Morgan fingerprint density at radius 1 is 0.492 bits per heavy atom. The topological polar surface area (TPSA) is 134 Å². The van der Waals surface area contributed by atoms with Gasteiger partial charge in [0.05, 0.1) is 13.2 Å². The molecule has 0 amide bonds. The Morgan fingerprint density at radius 2 is 0.852 bits per heavy atom. The van der Waals surface area contributed by atoms with E-state index in [4.69, 9.17) is 24.3 Å². The van der Waals surface area contributed by atoms with Crippen molar-refractivity contribution in [3.63, 3.8) is 0 Å². The zero-order chi connectivity index (χ0) is 44.6. The molecule has 2 atom stereocenters. The minimum Gasteiger partial charge on any atom is -0.462 e. The predicted octanol–water partition coefficient (Wildman–Crippen LogP) is 15.3. The number of rotatable bonds is 48. The molecular formula is C51H96NO8P. The number of hydrogen-bond donors (Lipinski definition) is 2. The zero-order valence-electron chi connectivity index (χ0n) is 39.7. The predicted molar refractivity (Wildman–Crippen MR) is 257 cm³/mol. The van der Waals surface area contributed by atoms with Crippen molar-refractivity contribution in [2.24, 2.45) is 5.73 Å². The quantitative estimate of drug-likeness (QED) is 0.0265. The van der Waals surface area contributed by atoms with E-state index in [-0.39, 0.29) is 38.6 Å². The standard InChI is InChI=1S/C51H96NO8P/c1-3-5-7-9-11-13-15-17-19-21-23-24-26-27-29-31-33-35-37-39-41-43-50(53)57-47-49(48-59-61(55,56)58-46-45-52)60-51(54)44-42-40-38-36-34-32-30-28-25-22-20-18-16-14-12-10-8-6-4-2/h12,14,17-20,49H,3-11,13,15-16,21-48,52H2,1-2H3,(H,55,56). The Bertz CT molecular complexity index is 1100. The van der Waals surface area contributed by atoms with Crippen molar-refractivity contribution in [1.82, 2.24) is 0 Å². The van der Waals surface area contributed by atoms with Crippen LogP contribution in [-0.2, 0) is 32.7 Å². The lowest BCUT2D eigenvalue weighted by Gasteiger charge is -2.19. The van der Waals surface area contributed by atoms with Crippen LogP contribution in [0.25, 0.3) is 0 Å². The smallest absolute Gasteiger partial charge is 0.462 e. The Kier molecular flexibility index (Phi) is 46.3. The number of carbonyl (C=O) groups is 2. The van der Waals surface area contributed by atoms with Crippen LogP contribution in [0.5, 0.6) is 0 Å². The molecule has 0 aromatic rings. The zero-order valence-corrected chi connectivity index (χ0v) is 40.5. The molecule has 0 fully saturated rings. The molecule has 0 aliphatic carbocycles. The molecule has 10 heteroatoms. The van der Waals surface area contributed by atoms with Gasteiger partial charge in [-0.25, -0.2) is 4.57 Å². The minimum atomic E-state index is -4.38. The number of carbonyl (C=O) groups excluding carboxylic acids is 2. The third kappa shape index (κ3) is 47.5. The molecule has 0 rings (SSSR count). The van der Waals surface area contributed by atoms with Crippen LogP contribution in [0.3, 0.4) is 0 Å². The molecule has 0 aromatic carbocycles. The fraction of sp³-hybridized carbons (Fsp3) is 0.843. The monoisotopic (exact) mass is 882 g/mol. The molecule has 0 aliphatic rings. The van der Waals surface area contributed by atoms with Crippen LogP contribution in [-0.4, -0.2) is 49.3 Å². The second kappa shape index (κ2) is 47.7. The molecule has 3 N–H and O–H groups in total. The van der Waals surface area contributed by atoms with Gasteiger partial charge >= 0.3 is 19.8 Å². The van der Waals surface area contributed by atoms with Gasteiger partial charge in [-0.05, 0) is 70.6 Å². The van der Waals surface area contributed by atoms with E-state index in [0.717, 1.165) is 51.4 Å². The maximum atomic E-state index is 12.6. The van der Waals surface area contributed by atoms with E-state index in [0.29, 0.717) is 6.42 Å². The molecule has 0 saturated carbocycles. The van der Waals surface area contributed by atoms with Crippen molar-refractivity contribution < 1.29 is 37.6 Å². The van der Waals surface area contributed by atoms with Crippen LogP contribution in [0.15, 0.2) is 36.5 Å². The lowest BCUT2D eigenvalue weighted by Crippen LogP contribution is -2.29. The molecule has 0 radical (unpaired) electrons. The molecule has 0 spiro atoms.